The van der Waals surface area contributed by atoms with Crippen molar-refractivity contribution in [3.8, 4) is 0 Å². The SMILES string of the molecule is CS(=O)(=O)c1ccc(C(=O)c2c(F)cc(F)cc2F)cc1. The third-order valence-electron chi connectivity index (χ3n) is 2.78. The number of benzene rings is 2. The maximum absolute atomic E-state index is 13.5. The first kappa shape index (κ1) is 15.2. The van der Waals surface area contributed by atoms with Gasteiger partial charge in [-0.05, 0) is 24.3 Å². The summed E-state index contributed by atoms with van der Waals surface area (Å²) in [5.74, 6) is -4.76. The number of carbonyl (C=O) groups is 1. The van der Waals surface area contributed by atoms with Crippen LogP contribution in [0.4, 0.5) is 13.2 Å². The van der Waals surface area contributed by atoms with E-state index in [9.17, 15) is 26.4 Å². The summed E-state index contributed by atoms with van der Waals surface area (Å²) in [5.41, 5.74) is -0.990. The van der Waals surface area contributed by atoms with E-state index in [-0.39, 0.29) is 10.5 Å². The van der Waals surface area contributed by atoms with Gasteiger partial charge in [-0.15, -0.1) is 0 Å². The third-order valence-corrected chi connectivity index (χ3v) is 3.91. The van der Waals surface area contributed by atoms with E-state index in [0.717, 1.165) is 30.5 Å². The molecule has 0 saturated heterocycles. The Labute approximate surface area is 119 Å². The lowest BCUT2D eigenvalue weighted by Crippen LogP contribution is -2.08. The zero-order valence-corrected chi connectivity index (χ0v) is 11.5. The highest BCUT2D eigenvalue weighted by Crippen LogP contribution is 2.20. The standard InChI is InChI=1S/C14H9F3O3S/c1-21(19,20)10-4-2-8(3-5-10)14(18)13-11(16)6-9(15)7-12(13)17/h2-7H,1H3. The van der Waals surface area contributed by atoms with Crippen molar-refractivity contribution in [3.05, 3.63) is 65.0 Å². The van der Waals surface area contributed by atoms with Gasteiger partial charge >= 0.3 is 0 Å². The fraction of sp³-hybridized carbons (Fsp3) is 0.0714. The van der Waals surface area contributed by atoms with Crippen LogP contribution in [0.1, 0.15) is 15.9 Å². The van der Waals surface area contributed by atoms with Gasteiger partial charge in [0, 0.05) is 24.0 Å². The van der Waals surface area contributed by atoms with Gasteiger partial charge in [0.05, 0.1) is 10.5 Å². The molecule has 0 aliphatic heterocycles. The van der Waals surface area contributed by atoms with Crippen molar-refractivity contribution in [2.75, 3.05) is 6.26 Å². The summed E-state index contributed by atoms with van der Waals surface area (Å²) in [6.45, 7) is 0. The van der Waals surface area contributed by atoms with Crippen molar-refractivity contribution in [3.63, 3.8) is 0 Å². The topological polar surface area (TPSA) is 51.2 Å². The molecule has 7 heteroatoms. The van der Waals surface area contributed by atoms with Crippen molar-refractivity contribution < 1.29 is 26.4 Å². The molecule has 0 unspecified atom stereocenters. The highest BCUT2D eigenvalue weighted by molar-refractivity contribution is 7.90. The van der Waals surface area contributed by atoms with Crippen LogP contribution in [-0.2, 0) is 9.84 Å². The Morgan fingerprint density at radius 3 is 1.86 bits per heavy atom. The van der Waals surface area contributed by atoms with E-state index in [1.54, 1.807) is 0 Å². The number of hydrogen-bond acceptors (Lipinski definition) is 3. The molecule has 2 rings (SSSR count). The second kappa shape index (κ2) is 5.33. The Morgan fingerprint density at radius 1 is 0.952 bits per heavy atom. The minimum absolute atomic E-state index is 0.0286. The Morgan fingerprint density at radius 2 is 1.43 bits per heavy atom. The number of hydrogen-bond donors (Lipinski definition) is 0. The van der Waals surface area contributed by atoms with Gasteiger partial charge in [0.15, 0.2) is 15.6 Å². The molecule has 0 aliphatic rings. The second-order valence-electron chi connectivity index (χ2n) is 4.37. The Bertz CT molecular complexity index is 789. The van der Waals surface area contributed by atoms with Crippen LogP contribution in [0.2, 0.25) is 0 Å². The van der Waals surface area contributed by atoms with E-state index in [0.29, 0.717) is 12.1 Å². The van der Waals surface area contributed by atoms with Crippen molar-refractivity contribution in [1.29, 1.82) is 0 Å². The highest BCUT2D eigenvalue weighted by Gasteiger charge is 2.20. The van der Waals surface area contributed by atoms with Gasteiger partial charge in [-0.25, -0.2) is 21.6 Å². The van der Waals surface area contributed by atoms with E-state index in [1.165, 1.54) is 0 Å². The minimum Gasteiger partial charge on any atom is -0.288 e. The van der Waals surface area contributed by atoms with E-state index in [2.05, 4.69) is 0 Å². The summed E-state index contributed by atoms with van der Waals surface area (Å²) in [6, 6.07) is 5.40. The van der Waals surface area contributed by atoms with Crippen LogP contribution >= 0.6 is 0 Å². The van der Waals surface area contributed by atoms with Gasteiger partial charge < -0.3 is 0 Å². The molecular weight excluding hydrogens is 305 g/mol. The molecule has 0 atom stereocenters. The van der Waals surface area contributed by atoms with E-state index >= 15 is 0 Å². The summed E-state index contributed by atoms with van der Waals surface area (Å²) in [5, 5.41) is 0. The number of carbonyl (C=O) groups excluding carboxylic acids is 1. The summed E-state index contributed by atoms with van der Waals surface area (Å²) < 4.78 is 62.4. The van der Waals surface area contributed by atoms with Crippen LogP contribution in [0.5, 0.6) is 0 Å². The fourth-order valence-electron chi connectivity index (χ4n) is 1.76. The number of halogens is 3. The smallest absolute Gasteiger partial charge is 0.198 e. The third kappa shape index (κ3) is 3.13. The molecule has 0 bridgehead atoms. The van der Waals surface area contributed by atoms with Gasteiger partial charge in [0.1, 0.15) is 17.5 Å². The van der Waals surface area contributed by atoms with Crippen molar-refractivity contribution in [2.24, 2.45) is 0 Å². The maximum Gasteiger partial charge on any atom is 0.198 e. The van der Waals surface area contributed by atoms with E-state index in [4.69, 9.17) is 0 Å². The van der Waals surface area contributed by atoms with Crippen molar-refractivity contribution >= 4 is 15.6 Å². The minimum atomic E-state index is -3.44. The lowest BCUT2D eigenvalue weighted by molar-refractivity contribution is 0.103. The van der Waals surface area contributed by atoms with Crippen LogP contribution in [0.3, 0.4) is 0 Å². The monoisotopic (exact) mass is 314 g/mol. The molecule has 0 aromatic heterocycles. The predicted molar refractivity (Wildman–Crippen MR) is 69.3 cm³/mol. The summed E-state index contributed by atoms with van der Waals surface area (Å²) in [7, 11) is -3.44. The Kier molecular flexibility index (Phi) is 3.87. The molecule has 2 aromatic carbocycles. The van der Waals surface area contributed by atoms with Gasteiger partial charge in [-0.3, -0.25) is 4.79 Å². The summed E-state index contributed by atoms with van der Waals surface area (Å²) in [6.07, 6.45) is 0.989. The highest BCUT2D eigenvalue weighted by atomic mass is 32.2. The molecule has 0 fully saturated rings. The molecule has 0 radical (unpaired) electrons. The average molecular weight is 314 g/mol. The van der Waals surface area contributed by atoms with Crippen LogP contribution in [0.25, 0.3) is 0 Å². The first-order chi connectivity index (χ1) is 9.70. The van der Waals surface area contributed by atoms with Crippen LogP contribution in [-0.4, -0.2) is 20.5 Å². The van der Waals surface area contributed by atoms with Gasteiger partial charge in [-0.1, -0.05) is 0 Å². The van der Waals surface area contributed by atoms with Gasteiger partial charge in [-0.2, -0.15) is 0 Å². The van der Waals surface area contributed by atoms with Crippen LogP contribution in [0.15, 0.2) is 41.3 Å². The molecular formula is C14H9F3O3S. The molecule has 3 nitrogen and oxygen atoms in total. The molecule has 0 spiro atoms. The second-order valence-corrected chi connectivity index (χ2v) is 6.39. The number of ketones is 1. The van der Waals surface area contributed by atoms with Crippen LogP contribution < -0.4 is 0 Å². The maximum atomic E-state index is 13.5. The lowest BCUT2D eigenvalue weighted by atomic mass is 10.0. The summed E-state index contributed by atoms with van der Waals surface area (Å²) in [4.78, 5) is 12.0. The molecule has 0 saturated carbocycles. The van der Waals surface area contributed by atoms with E-state index in [1.807, 2.05) is 0 Å². The van der Waals surface area contributed by atoms with E-state index < -0.39 is 38.6 Å². The van der Waals surface area contributed by atoms with Crippen molar-refractivity contribution in [1.82, 2.24) is 0 Å². The fourth-order valence-corrected chi connectivity index (χ4v) is 2.39. The molecule has 110 valence electrons. The molecule has 0 N–H and O–H groups in total. The van der Waals surface area contributed by atoms with Crippen molar-refractivity contribution in [2.45, 2.75) is 4.90 Å². The first-order valence-corrected chi connectivity index (χ1v) is 7.58. The molecule has 21 heavy (non-hydrogen) atoms. The Balaban J connectivity index is 2.46. The van der Waals surface area contributed by atoms with Crippen LogP contribution in [0, 0.1) is 17.5 Å². The zero-order valence-electron chi connectivity index (χ0n) is 10.7. The molecule has 2 aromatic rings. The normalized spacial score (nSPS) is 11.4. The number of rotatable bonds is 3. The van der Waals surface area contributed by atoms with Gasteiger partial charge in [0.25, 0.3) is 0 Å². The first-order valence-electron chi connectivity index (χ1n) is 5.69. The Hall–Kier alpha value is -2.15. The van der Waals surface area contributed by atoms with Gasteiger partial charge in [0.2, 0.25) is 0 Å². The summed E-state index contributed by atoms with van der Waals surface area (Å²) >= 11 is 0. The molecule has 0 aliphatic carbocycles. The largest absolute Gasteiger partial charge is 0.288 e. The quantitative estimate of drug-likeness (QED) is 0.819. The number of sulfone groups is 1. The molecule has 0 heterocycles. The predicted octanol–water partition coefficient (Wildman–Crippen LogP) is 2.74. The lowest BCUT2D eigenvalue weighted by Gasteiger charge is -2.05. The molecule has 0 amide bonds. The zero-order chi connectivity index (χ0) is 15.8. The average Bonchev–Trinajstić information content (AvgIpc) is 2.36.